The molecule has 1 aromatic heterocycles. The van der Waals surface area contributed by atoms with Crippen LogP contribution in [0.2, 0.25) is 0 Å². The second-order valence-electron chi connectivity index (χ2n) is 7.20. The van der Waals surface area contributed by atoms with Gasteiger partial charge >= 0.3 is 5.97 Å². The highest BCUT2D eigenvalue weighted by Crippen LogP contribution is 2.29. The highest BCUT2D eigenvalue weighted by Gasteiger charge is 2.18. The molecule has 0 aliphatic heterocycles. The van der Waals surface area contributed by atoms with Crippen LogP contribution in [0.1, 0.15) is 72.8 Å². The number of esters is 1. The number of carbonyl (C=O) groups is 2. The molecule has 5 nitrogen and oxygen atoms in total. The van der Waals surface area contributed by atoms with Gasteiger partial charge in [-0.1, -0.05) is 26.8 Å². The number of benzene rings is 1. The summed E-state index contributed by atoms with van der Waals surface area (Å²) in [5.74, 6) is 0.776. The van der Waals surface area contributed by atoms with Crippen molar-refractivity contribution in [1.82, 2.24) is 0 Å². The Labute approximate surface area is 177 Å². The van der Waals surface area contributed by atoms with Gasteiger partial charge in [-0.2, -0.15) is 0 Å². The Hall–Kier alpha value is -2.34. The molecule has 0 spiro atoms. The van der Waals surface area contributed by atoms with Gasteiger partial charge in [0.2, 0.25) is 5.91 Å². The van der Waals surface area contributed by atoms with Gasteiger partial charge in [-0.05, 0) is 61.9 Å². The largest absolute Gasteiger partial charge is 0.494 e. The van der Waals surface area contributed by atoms with Crippen molar-refractivity contribution in [3.05, 3.63) is 45.8 Å². The van der Waals surface area contributed by atoms with Crippen LogP contribution in [0.5, 0.6) is 5.75 Å². The molecule has 1 aromatic carbocycles. The molecule has 29 heavy (non-hydrogen) atoms. The third-order valence-corrected chi connectivity index (χ3v) is 5.75. The Kier molecular flexibility index (Phi) is 8.70. The van der Waals surface area contributed by atoms with E-state index in [1.165, 1.54) is 22.5 Å². The zero-order valence-corrected chi connectivity index (χ0v) is 18.8. The lowest BCUT2D eigenvalue weighted by Gasteiger charge is -2.12. The number of carbonyl (C=O) groups excluding carboxylic acids is 2. The van der Waals surface area contributed by atoms with E-state index < -0.39 is 5.97 Å². The molecule has 0 saturated carbocycles. The van der Waals surface area contributed by atoms with E-state index in [-0.39, 0.29) is 5.91 Å². The number of aryl methyl sites for hydroxylation is 2. The first kappa shape index (κ1) is 22.9. The highest BCUT2D eigenvalue weighted by molar-refractivity contribution is 7.16. The van der Waals surface area contributed by atoms with Crippen LogP contribution in [0.3, 0.4) is 0 Å². The van der Waals surface area contributed by atoms with Gasteiger partial charge in [0, 0.05) is 11.3 Å². The summed E-state index contributed by atoms with van der Waals surface area (Å²) < 4.78 is 10.9. The van der Waals surface area contributed by atoms with Crippen molar-refractivity contribution < 1.29 is 19.1 Å². The van der Waals surface area contributed by atoms with Crippen molar-refractivity contribution in [2.75, 3.05) is 18.5 Å². The summed E-state index contributed by atoms with van der Waals surface area (Å²) in [6, 6.07) is 7.91. The molecule has 2 aromatic rings. The normalized spacial score (nSPS) is 10.8. The van der Waals surface area contributed by atoms with Gasteiger partial charge in [0.25, 0.3) is 0 Å². The van der Waals surface area contributed by atoms with Crippen molar-refractivity contribution in [2.24, 2.45) is 0 Å². The molecule has 0 fully saturated rings. The minimum Gasteiger partial charge on any atom is -0.494 e. The third kappa shape index (κ3) is 6.60. The van der Waals surface area contributed by atoms with Gasteiger partial charge in [0.1, 0.15) is 10.8 Å². The SMILES string of the molecule is CCOC(=O)c1cc(CC)sc1NC(=O)CCCOc1ccc(C(C)C)c(C)c1. The maximum atomic E-state index is 12.3. The van der Waals surface area contributed by atoms with E-state index >= 15 is 0 Å². The molecule has 1 heterocycles. The standard InChI is InChI=1S/C23H31NO4S/c1-6-18-14-20(23(26)27-7-2)22(29-18)24-21(25)9-8-12-28-17-10-11-19(15(3)4)16(5)13-17/h10-11,13-15H,6-9,12H2,1-5H3,(H,24,25). The molecule has 0 aliphatic rings. The number of thiophene rings is 1. The number of hydrogen-bond donors (Lipinski definition) is 1. The first-order valence-electron chi connectivity index (χ1n) is 10.2. The predicted octanol–water partition coefficient (Wildman–Crippen LogP) is 5.72. The summed E-state index contributed by atoms with van der Waals surface area (Å²) in [6.45, 7) is 11.0. The van der Waals surface area contributed by atoms with Crippen LogP contribution in [-0.4, -0.2) is 25.1 Å². The second kappa shape index (κ2) is 11.0. The lowest BCUT2D eigenvalue weighted by Crippen LogP contribution is -2.14. The van der Waals surface area contributed by atoms with Gasteiger partial charge in [-0.3, -0.25) is 4.79 Å². The Morgan fingerprint density at radius 3 is 2.55 bits per heavy atom. The smallest absolute Gasteiger partial charge is 0.341 e. The van der Waals surface area contributed by atoms with Crippen molar-refractivity contribution >= 4 is 28.2 Å². The maximum Gasteiger partial charge on any atom is 0.341 e. The number of nitrogens with one attached hydrogen (secondary N) is 1. The fourth-order valence-electron chi connectivity index (χ4n) is 3.07. The fraction of sp³-hybridized carbons (Fsp3) is 0.478. The second-order valence-corrected chi connectivity index (χ2v) is 8.34. The molecule has 0 radical (unpaired) electrons. The Morgan fingerprint density at radius 2 is 1.93 bits per heavy atom. The summed E-state index contributed by atoms with van der Waals surface area (Å²) in [5, 5.41) is 3.42. The van der Waals surface area contributed by atoms with E-state index in [2.05, 4.69) is 32.2 Å². The Balaban J connectivity index is 1.85. The molecule has 0 bridgehead atoms. The van der Waals surface area contributed by atoms with Crippen LogP contribution in [0, 0.1) is 6.92 Å². The molecule has 2 rings (SSSR count). The van der Waals surface area contributed by atoms with Crippen LogP contribution in [0.15, 0.2) is 24.3 Å². The van der Waals surface area contributed by atoms with Crippen molar-refractivity contribution in [3.63, 3.8) is 0 Å². The third-order valence-electron chi connectivity index (χ3n) is 4.56. The molecule has 0 unspecified atom stereocenters. The van der Waals surface area contributed by atoms with Gasteiger partial charge in [-0.25, -0.2) is 4.79 Å². The zero-order chi connectivity index (χ0) is 21.4. The van der Waals surface area contributed by atoms with Crippen LogP contribution >= 0.6 is 11.3 Å². The van der Waals surface area contributed by atoms with Gasteiger partial charge < -0.3 is 14.8 Å². The van der Waals surface area contributed by atoms with E-state index in [4.69, 9.17) is 9.47 Å². The Bertz CT molecular complexity index is 841. The van der Waals surface area contributed by atoms with E-state index in [1.807, 2.05) is 19.1 Å². The van der Waals surface area contributed by atoms with Gasteiger partial charge in [0.05, 0.1) is 18.8 Å². The number of amides is 1. The Morgan fingerprint density at radius 1 is 1.17 bits per heavy atom. The molecule has 1 amide bonds. The van der Waals surface area contributed by atoms with E-state index in [9.17, 15) is 9.59 Å². The van der Waals surface area contributed by atoms with Crippen molar-refractivity contribution in [1.29, 1.82) is 0 Å². The number of rotatable bonds is 10. The molecule has 6 heteroatoms. The fourth-order valence-corrected chi connectivity index (χ4v) is 4.07. The van der Waals surface area contributed by atoms with Crippen LogP contribution in [0.25, 0.3) is 0 Å². The lowest BCUT2D eigenvalue weighted by atomic mass is 9.98. The molecule has 0 saturated heterocycles. The van der Waals surface area contributed by atoms with Crippen LogP contribution in [-0.2, 0) is 16.0 Å². The minimum absolute atomic E-state index is 0.130. The maximum absolute atomic E-state index is 12.3. The van der Waals surface area contributed by atoms with Crippen molar-refractivity contribution in [3.8, 4) is 5.75 Å². The van der Waals surface area contributed by atoms with Gasteiger partial charge in [0.15, 0.2) is 0 Å². The highest BCUT2D eigenvalue weighted by atomic mass is 32.1. The first-order valence-corrected chi connectivity index (χ1v) is 11.0. The van der Waals surface area contributed by atoms with Crippen LogP contribution < -0.4 is 10.1 Å². The predicted molar refractivity (Wildman–Crippen MR) is 118 cm³/mol. The van der Waals surface area contributed by atoms with Crippen LogP contribution in [0.4, 0.5) is 5.00 Å². The average molecular weight is 418 g/mol. The average Bonchev–Trinajstić information content (AvgIpc) is 3.08. The lowest BCUT2D eigenvalue weighted by molar-refractivity contribution is -0.116. The minimum atomic E-state index is -0.401. The quantitative estimate of drug-likeness (QED) is 0.397. The number of hydrogen-bond acceptors (Lipinski definition) is 5. The summed E-state index contributed by atoms with van der Waals surface area (Å²) in [5.41, 5.74) is 2.96. The monoisotopic (exact) mass is 417 g/mol. The van der Waals surface area contributed by atoms with E-state index in [0.29, 0.717) is 42.5 Å². The number of ether oxygens (including phenoxy) is 2. The molecule has 1 N–H and O–H groups in total. The molecule has 0 atom stereocenters. The summed E-state index contributed by atoms with van der Waals surface area (Å²) >= 11 is 1.42. The zero-order valence-electron chi connectivity index (χ0n) is 18.0. The van der Waals surface area contributed by atoms with E-state index in [0.717, 1.165) is 17.0 Å². The summed E-state index contributed by atoms with van der Waals surface area (Å²) in [7, 11) is 0. The summed E-state index contributed by atoms with van der Waals surface area (Å²) in [6.07, 6.45) is 1.72. The number of anilines is 1. The van der Waals surface area contributed by atoms with E-state index in [1.54, 1.807) is 13.0 Å². The molecular weight excluding hydrogens is 386 g/mol. The molecular formula is C23H31NO4S. The molecule has 158 valence electrons. The topological polar surface area (TPSA) is 64.6 Å². The van der Waals surface area contributed by atoms with Crippen molar-refractivity contribution in [2.45, 2.75) is 59.8 Å². The van der Waals surface area contributed by atoms with Gasteiger partial charge in [-0.15, -0.1) is 11.3 Å². The summed E-state index contributed by atoms with van der Waals surface area (Å²) in [4.78, 5) is 25.4. The molecule has 0 aliphatic carbocycles. The first-order chi connectivity index (χ1) is 13.8.